The molecule has 2 aromatic carbocycles. The molecule has 0 aliphatic carbocycles. The maximum Gasteiger partial charge on any atom is 0.416 e. The van der Waals surface area contributed by atoms with Crippen molar-refractivity contribution in [3.8, 4) is 5.75 Å². The molecule has 2 rings (SSSR count). The third-order valence-electron chi connectivity index (χ3n) is 4.07. The first-order valence-corrected chi connectivity index (χ1v) is 9.69. The smallest absolute Gasteiger partial charge is 0.416 e. The van der Waals surface area contributed by atoms with Crippen molar-refractivity contribution in [3.05, 3.63) is 63.6 Å². The third kappa shape index (κ3) is 5.50. The first-order chi connectivity index (χ1) is 13.6. The van der Waals surface area contributed by atoms with Gasteiger partial charge in [0.15, 0.2) is 5.60 Å². The molecule has 3 nitrogen and oxygen atoms in total. The molecule has 9 heteroatoms. The minimum Gasteiger partial charge on any atom is -0.475 e. The normalized spacial score (nSPS) is 12.8. The van der Waals surface area contributed by atoms with Gasteiger partial charge in [-0.25, -0.2) is 4.79 Å². The molecule has 0 fully saturated rings. The van der Waals surface area contributed by atoms with Gasteiger partial charge >= 0.3 is 12.1 Å². The number of hydrogen-bond donors (Lipinski definition) is 0. The van der Waals surface area contributed by atoms with Gasteiger partial charge in [0, 0.05) is 11.1 Å². The van der Waals surface area contributed by atoms with Crippen molar-refractivity contribution >= 4 is 21.9 Å². The van der Waals surface area contributed by atoms with Crippen LogP contribution in [0.5, 0.6) is 5.75 Å². The summed E-state index contributed by atoms with van der Waals surface area (Å²) in [7, 11) is 0. The van der Waals surface area contributed by atoms with Gasteiger partial charge in [0.2, 0.25) is 0 Å². The standard InChI is InChI=1S/C21H20BrF5O3/c1-12(2)29-18(28)19(3,4)30-17-10-9-15(11-16(17)22)20(23,24)13-5-7-14(8-6-13)21(25,26)27/h5-12H,1-4H3. The third-order valence-corrected chi connectivity index (χ3v) is 4.69. The van der Waals surface area contributed by atoms with Crippen LogP contribution in [0.2, 0.25) is 0 Å². The van der Waals surface area contributed by atoms with Crippen LogP contribution in [-0.4, -0.2) is 17.7 Å². The van der Waals surface area contributed by atoms with E-state index >= 15 is 0 Å². The topological polar surface area (TPSA) is 35.5 Å². The number of alkyl halides is 5. The van der Waals surface area contributed by atoms with Crippen molar-refractivity contribution in [2.24, 2.45) is 0 Å². The van der Waals surface area contributed by atoms with Crippen molar-refractivity contribution < 1.29 is 36.2 Å². The fraction of sp³-hybridized carbons (Fsp3) is 0.381. The molecule has 0 atom stereocenters. The Morgan fingerprint density at radius 1 is 0.900 bits per heavy atom. The Morgan fingerprint density at radius 2 is 1.40 bits per heavy atom. The number of carbonyl (C=O) groups excluding carboxylic acids is 1. The molecule has 164 valence electrons. The summed E-state index contributed by atoms with van der Waals surface area (Å²) in [6.07, 6.45) is -4.96. The highest BCUT2D eigenvalue weighted by Gasteiger charge is 2.37. The quantitative estimate of drug-likeness (QED) is 0.330. The summed E-state index contributed by atoms with van der Waals surface area (Å²) in [6.45, 7) is 6.33. The zero-order valence-electron chi connectivity index (χ0n) is 16.6. The molecule has 0 heterocycles. The highest BCUT2D eigenvalue weighted by Crippen LogP contribution is 2.40. The number of benzene rings is 2. The molecule has 0 aliphatic heterocycles. The van der Waals surface area contributed by atoms with E-state index in [2.05, 4.69) is 15.9 Å². The lowest BCUT2D eigenvalue weighted by molar-refractivity contribution is -0.163. The Bertz CT molecular complexity index is 906. The second-order valence-electron chi connectivity index (χ2n) is 7.36. The molecule has 0 aromatic heterocycles. The fourth-order valence-corrected chi connectivity index (χ4v) is 2.95. The summed E-state index contributed by atoms with van der Waals surface area (Å²) < 4.78 is 78.5. The van der Waals surface area contributed by atoms with Crippen LogP contribution in [0.3, 0.4) is 0 Å². The van der Waals surface area contributed by atoms with E-state index in [1.807, 2.05) is 0 Å². The number of esters is 1. The summed E-state index contributed by atoms with van der Waals surface area (Å²) in [5.74, 6) is -4.03. The monoisotopic (exact) mass is 494 g/mol. The van der Waals surface area contributed by atoms with Gasteiger partial charge in [-0.15, -0.1) is 0 Å². The molecule has 2 aromatic rings. The zero-order valence-corrected chi connectivity index (χ0v) is 18.2. The largest absolute Gasteiger partial charge is 0.475 e. The van der Waals surface area contributed by atoms with E-state index in [9.17, 15) is 26.7 Å². The van der Waals surface area contributed by atoms with E-state index in [4.69, 9.17) is 9.47 Å². The Balaban J connectivity index is 2.28. The zero-order chi connectivity index (χ0) is 22.9. The van der Waals surface area contributed by atoms with Crippen LogP contribution in [0, 0.1) is 0 Å². The van der Waals surface area contributed by atoms with Crippen LogP contribution >= 0.6 is 15.9 Å². The minimum atomic E-state index is -4.61. The van der Waals surface area contributed by atoms with Crippen molar-refractivity contribution in [2.75, 3.05) is 0 Å². The Hall–Kier alpha value is -2.16. The van der Waals surface area contributed by atoms with Gasteiger partial charge in [-0.05, 0) is 74.0 Å². The van der Waals surface area contributed by atoms with Crippen LogP contribution in [0.1, 0.15) is 44.4 Å². The SMILES string of the molecule is CC(C)OC(=O)C(C)(C)Oc1ccc(C(F)(F)c2ccc(C(F)(F)F)cc2)cc1Br. The van der Waals surface area contributed by atoms with Gasteiger partial charge in [-0.3, -0.25) is 0 Å². The second kappa shape index (κ2) is 8.53. The Morgan fingerprint density at radius 3 is 1.87 bits per heavy atom. The maximum absolute atomic E-state index is 14.8. The van der Waals surface area contributed by atoms with Crippen molar-refractivity contribution in [1.82, 2.24) is 0 Å². The molecule has 0 unspecified atom stereocenters. The lowest BCUT2D eigenvalue weighted by Crippen LogP contribution is -2.41. The minimum absolute atomic E-state index is 0.132. The van der Waals surface area contributed by atoms with E-state index < -0.39 is 40.4 Å². The Labute approximate surface area is 179 Å². The highest BCUT2D eigenvalue weighted by molar-refractivity contribution is 9.10. The lowest BCUT2D eigenvalue weighted by atomic mass is 9.99. The Kier molecular flexibility index (Phi) is 6.85. The van der Waals surface area contributed by atoms with Crippen LogP contribution in [0.4, 0.5) is 22.0 Å². The van der Waals surface area contributed by atoms with Crippen molar-refractivity contribution in [1.29, 1.82) is 0 Å². The summed E-state index contributed by atoms with van der Waals surface area (Å²) >= 11 is 3.14. The van der Waals surface area contributed by atoms with Crippen LogP contribution in [-0.2, 0) is 21.6 Å². The van der Waals surface area contributed by atoms with Gasteiger partial charge in [0.05, 0.1) is 16.1 Å². The number of hydrogen-bond acceptors (Lipinski definition) is 3. The van der Waals surface area contributed by atoms with Gasteiger partial charge in [0.25, 0.3) is 5.92 Å². The molecular formula is C21H20BrF5O3. The second-order valence-corrected chi connectivity index (χ2v) is 8.22. The fourth-order valence-electron chi connectivity index (χ4n) is 2.49. The van der Waals surface area contributed by atoms with E-state index in [0.29, 0.717) is 12.1 Å². The molecule has 0 saturated heterocycles. The molecule has 0 bridgehead atoms. The van der Waals surface area contributed by atoms with E-state index in [1.54, 1.807) is 13.8 Å². The average molecular weight is 495 g/mol. The average Bonchev–Trinajstić information content (AvgIpc) is 2.62. The molecular weight excluding hydrogens is 475 g/mol. The number of ether oxygens (including phenoxy) is 2. The highest BCUT2D eigenvalue weighted by atomic mass is 79.9. The molecule has 0 saturated carbocycles. The molecule has 30 heavy (non-hydrogen) atoms. The van der Waals surface area contributed by atoms with E-state index in [0.717, 1.165) is 24.3 Å². The number of rotatable bonds is 6. The van der Waals surface area contributed by atoms with E-state index in [1.165, 1.54) is 19.9 Å². The predicted molar refractivity (Wildman–Crippen MR) is 105 cm³/mol. The molecule has 0 spiro atoms. The summed E-state index contributed by atoms with van der Waals surface area (Å²) in [6, 6.07) is 6.13. The van der Waals surface area contributed by atoms with Crippen LogP contribution in [0.25, 0.3) is 0 Å². The van der Waals surface area contributed by atoms with Gasteiger partial charge < -0.3 is 9.47 Å². The lowest BCUT2D eigenvalue weighted by Gasteiger charge is -2.26. The van der Waals surface area contributed by atoms with Crippen molar-refractivity contribution in [2.45, 2.75) is 51.5 Å². The van der Waals surface area contributed by atoms with Crippen molar-refractivity contribution in [3.63, 3.8) is 0 Å². The van der Waals surface area contributed by atoms with E-state index in [-0.39, 0.29) is 16.3 Å². The summed E-state index contributed by atoms with van der Waals surface area (Å²) in [5, 5.41) is 0. The van der Waals surface area contributed by atoms with Crippen LogP contribution < -0.4 is 4.74 Å². The van der Waals surface area contributed by atoms with Gasteiger partial charge in [0.1, 0.15) is 5.75 Å². The predicted octanol–water partition coefficient (Wildman–Crippen LogP) is 6.72. The first-order valence-electron chi connectivity index (χ1n) is 8.90. The number of halogens is 6. The van der Waals surface area contributed by atoms with Crippen LogP contribution in [0.15, 0.2) is 46.9 Å². The van der Waals surface area contributed by atoms with Gasteiger partial charge in [-0.2, -0.15) is 22.0 Å². The molecule has 0 amide bonds. The molecule has 0 radical (unpaired) electrons. The molecule has 0 N–H and O–H groups in total. The van der Waals surface area contributed by atoms with Gasteiger partial charge in [-0.1, -0.05) is 12.1 Å². The number of carbonyl (C=O) groups is 1. The summed E-state index contributed by atoms with van der Waals surface area (Å²) in [4.78, 5) is 12.1. The summed E-state index contributed by atoms with van der Waals surface area (Å²) in [5.41, 5.74) is -3.42. The molecule has 0 aliphatic rings. The first kappa shape index (κ1) is 24.1. The maximum atomic E-state index is 14.8.